The first kappa shape index (κ1) is 12.2. The van der Waals surface area contributed by atoms with Gasteiger partial charge in [-0.15, -0.1) is 11.3 Å². The molecule has 0 aliphatic heterocycles. The molecule has 17 heavy (non-hydrogen) atoms. The molecule has 0 N–H and O–H groups in total. The fourth-order valence-corrected chi connectivity index (χ4v) is 6.11. The smallest absolute Gasteiger partial charge is 0.0409 e. The zero-order chi connectivity index (χ0) is 12.0. The second-order valence-corrected chi connectivity index (χ2v) is 8.57. The van der Waals surface area contributed by atoms with E-state index in [1.807, 2.05) is 11.3 Å². The summed E-state index contributed by atoms with van der Waals surface area (Å²) < 4.78 is 0. The van der Waals surface area contributed by atoms with Gasteiger partial charge in [-0.1, -0.05) is 22.4 Å². The third kappa shape index (κ3) is 2.35. The van der Waals surface area contributed by atoms with Crippen LogP contribution in [0.3, 0.4) is 0 Å². The van der Waals surface area contributed by atoms with Crippen molar-refractivity contribution in [2.45, 2.75) is 50.8 Å². The van der Waals surface area contributed by atoms with E-state index in [2.05, 4.69) is 35.8 Å². The van der Waals surface area contributed by atoms with Gasteiger partial charge < -0.3 is 0 Å². The Morgan fingerprint density at radius 2 is 2.18 bits per heavy atom. The summed E-state index contributed by atoms with van der Waals surface area (Å²) >= 11 is 5.88. The van der Waals surface area contributed by atoms with Crippen LogP contribution in [0.15, 0.2) is 6.07 Å². The zero-order valence-electron chi connectivity index (χ0n) is 10.7. The van der Waals surface area contributed by atoms with Crippen LogP contribution in [0.5, 0.6) is 0 Å². The Morgan fingerprint density at radius 3 is 2.71 bits per heavy atom. The molecule has 2 heteroatoms. The van der Waals surface area contributed by atoms with E-state index < -0.39 is 0 Å². The molecule has 1 aromatic heterocycles. The second kappa shape index (κ2) is 4.70. The Kier molecular flexibility index (Phi) is 3.38. The second-order valence-electron chi connectivity index (χ2n) is 6.01. The molecule has 4 atom stereocenters. The molecule has 0 radical (unpaired) electrons. The van der Waals surface area contributed by atoms with Crippen LogP contribution in [-0.4, -0.2) is 0 Å². The molecular formula is C15H21BrS. The van der Waals surface area contributed by atoms with Crippen LogP contribution in [0.4, 0.5) is 0 Å². The first-order chi connectivity index (χ1) is 8.13. The third-order valence-electron chi connectivity index (χ3n) is 4.81. The molecule has 0 aromatic carbocycles. The third-order valence-corrected chi connectivity index (χ3v) is 6.66. The fraction of sp³-hybridized carbons (Fsp3) is 0.733. The van der Waals surface area contributed by atoms with E-state index in [0.717, 1.165) is 17.8 Å². The Labute approximate surface area is 117 Å². The van der Waals surface area contributed by atoms with E-state index in [-0.39, 0.29) is 0 Å². The van der Waals surface area contributed by atoms with Crippen molar-refractivity contribution < 1.29 is 0 Å². The zero-order valence-corrected chi connectivity index (χ0v) is 13.1. The molecule has 2 saturated carbocycles. The summed E-state index contributed by atoms with van der Waals surface area (Å²) in [6, 6.07) is 2.38. The standard InChI is InChI=1S/C15H21BrS/c1-9-5-14(10(2)17-9)15(16)8-13-7-11-3-4-12(13)6-11/h5,11-13,15H,3-4,6-8H2,1-2H3. The van der Waals surface area contributed by atoms with Crippen molar-refractivity contribution in [2.24, 2.45) is 17.8 Å². The highest BCUT2D eigenvalue weighted by Crippen LogP contribution is 2.52. The number of alkyl halides is 1. The van der Waals surface area contributed by atoms with Crippen LogP contribution < -0.4 is 0 Å². The van der Waals surface area contributed by atoms with Crippen LogP contribution in [0.25, 0.3) is 0 Å². The molecule has 3 rings (SSSR count). The van der Waals surface area contributed by atoms with E-state index >= 15 is 0 Å². The summed E-state index contributed by atoms with van der Waals surface area (Å²) in [7, 11) is 0. The largest absolute Gasteiger partial charge is 0.146 e. The van der Waals surface area contributed by atoms with Crippen LogP contribution in [0.2, 0.25) is 0 Å². The molecule has 0 saturated heterocycles. The number of aryl methyl sites for hydroxylation is 2. The first-order valence-corrected chi connectivity index (χ1v) is 8.57. The average molecular weight is 313 g/mol. The number of hydrogen-bond acceptors (Lipinski definition) is 1. The van der Waals surface area contributed by atoms with E-state index in [1.165, 1.54) is 41.9 Å². The van der Waals surface area contributed by atoms with Gasteiger partial charge in [0.1, 0.15) is 0 Å². The van der Waals surface area contributed by atoms with Crippen molar-refractivity contribution in [3.05, 3.63) is 21.4 Å². The maximum Gasteiger partial charge on any atom is 0.0409 e. The molecular weight excluding hydrogens is 292 g/mol. The molecule has 1 aromatic rings. The molecule has 0 nitrogen and oxygen atoms in total. The number of fused-ring (bicyclic) bond motifs is 2. The van der Waals surface area contributed by atoms with Gasteiger partial charge in [-0.2, -0.15) is 0 Å². The summed E-state index contributed by atoms with van der Waals surface area (Å²) in [4.78, 5) is 3.55. The van der Waals surface area contributed by atoms with Crippen LogP contribution in [-0.2, 0) is 0 Å². The normalized spacial score (nSPS) is 33.2. The Hall–Kier alpha value is 0.180. The highest BCUT2D eigenvalue weighted by molar-refractivity contribution is 9.09. The molecule has 1 heterocycles. The van der Waals surface area contributed by atoms with E-state index in [9.17, 15) is 0 Å². The summed E-state index contributed by atoms with van der Waals surface area (Å²) in [6.45, 7) is 4.49. The Balaban J connectivity index is 1.67. The average Bonchev–Trinajstić information content (AvgIpc) is 2.93. The van der Waals surface area contributed by atoms with Crippen molar-refractivity contribution in [2.75, 3.05) is 0 Å². The monoisotopic (exact) mass is 312 g/mol. The molecule has 94 valence electrons. The van der Waals surface area contributed by atoms with Crippen molar-refractivity contribution in [3.8, 4) is 0 Å². The van der Waals surface area contributed by atoms with Gasteiger partial charge in [0, 0.05) is 14.6 Å². The van der Waals surface area contributed by atoms with E-state index in [0.29, 0.717) is 4.83 Å². The van der Waals surface area contributed by atoms with Gasteiger partial charge in [-0.3, -0.25) is 0 Å². The summed E-state index contributed by atoms with van der Waals surface area (Å²) in [5.74, 6) is 3.13. The van der Waals surface area contributed by atoms with Crippen molar-refractivity contribution in [3.63, 3.8) is 0 Å². The minimum absolute atomic E-state index is 0.594. The highest BCUT2D eigenvalue weighted by atomic mass is 79.9. The van der Waals surface area contributed by atoms with Gasteiger partial charge in [0.15, 0.2) is 0 Å². The predicted octanol–water partition coefficient (Wildman–Crippen LogP) is 5.63. The summed E-state index contributed by atoms with van der Waals surface area (Å²) in [5, 5.41) is 0. The maximum absolute atomic E-state index is 3.94. The number of thiophene rings is 1. The number of hydrogen-bond donors (Lipinski definition) is 0. The quantitative estimate of drug-likeness (QED) is 0.635. The number of halogens is 1. The lowest BCUT2D eigenvalue weighted by Crippen LogP contribution is -2.12. The van der Waals surface area contributed by atoms with Gasteiger partial charge in [-0.05, 0) is 68.9 Å². The lowest BCUT2D eigenvalue weighted by molar-refractivity contribution is 0.314. The molecule has 4 unspecified atom stereocenters. The van der Waals surface area contributed by atoms with Crippen LogP contribution >= 0.6 is 27.3 Å². The Bertz CT molecular complexity index is 409. The van der Waals surface area contributed by atoms with Crippen molar-refractivity contribution >= 4 is 27.3 Å². The highest BCUT2D eigenvalue weighted by Gasteiger charge is 2.40. The molecule has 2 aliphatic rings. The van der Waals surface area contributed by atoms with Gasteiger partial charge >= 0.3 is 0 Å². The predicted molar refractivity (Wildman–Crippen MR) is 79.0 cm³/mol. The molecule has 0 spiro atoms. The minimum Gasteiger partial charge on any atom is -0.146 e. The first-order valence-electron chi connectivity index (χ1n) is 6.84. The molecule has 2 aliphatic carbocycles. The van der Waals surface area contributed by atoms with Crippen molar-refractivity contribution in [1.29, 1.82) is 0 Å². The minimum atomic E-state index is 0.594. The number of rotatable bonds is 3. The molecule has 0 amide bonds. The SMILES string of the molecule is Cc1cc(C(Br)CC2CC3CCC2C3)c(C)s1. The van der Waals surface area contributed by atoms with Gasteiger partial charge in [-0.25, -0.2) is 0 Å². The lowest BCUT2D eigenvalue weighted by Gasteiger charge is -2.24. The van der Waals surface area contributed by atoms with Crippen LogP contribution in [0, 0.1) is 31.6 Å². The molecule has 2 bridgehead atoms. The molecule has 2 fully saturated rings. The van der Waals surface area contributed by atoms with Gasteiger partial charge in [0.05, 0.1) is 0 Å². The van der Waals surface area contributed by atoms with E-state index in [1.54, 1.807) is 5.56 Å². The fourth-order valence-electron chi connectivity index (χ4n) is 4.02. The van der Waals surface area contributed by atoms with Crippen LogP contribution in [0.1, 0.15) is 52.2 Å². The van der Waals surface area contributed by atoms with Gasteiger partial charge in [0.25, 0.3) is 0 Å². The summed E-state index contributed by atoms with van der Waals surface area (Å²) in [6.07, 6.45) is 7.43. The topological polar surface area (TPSA) is 0 Å². The summed E-state index contributed by atoms with van der Waals surface area (Å²) in [5.41, 5.74) is 1.55. The van der Waals surface area contributed by atoms with Crippen molar-refractivity contribution in [1.82, 2.24) is 0 Å². The Morgan fingerprint density at radius 1 is 1.35 bits per heavy atom. The van der Waals surface area contributed by atoms with Gasteiger partial charge in [0.2, 0.25) is 0 Å². The van der Waals surface area contributed by atoms with E-state index in [4.69, 9.17) is 0 Å². The maximum atomic E-state index is 3.94. The lowest BCUT2D eigenvalue weighted by atomic mass is 9.84.